The van der Waals surface area contributed by atoms with Gasteiger partial charge in [-0.1, -0.05) is 17.7 Å². The average Bonchev–Trinajstić information content (AvgIpc) is 2.93. The van der Waals surface area contributed by atoms with Crippen LogP contribution in [0.5, 0.6) is 0 Å². The normalized spacial score (nSPS) is 18.3. The zero-order valence-corrected chi connectivity index (χ0v) is 10.3. The van der Waals surface area contributed by atoms with Gasteiger partial charge in [0.1, 0.15) is 0 Å². The maximum absolute atomic E-state index is 9.98. The van der Waals surface area contributed by atoms with E-state index in [1.165, 1.54) is 0 Å². The second-order valence-corrected chi connectivity index (χ2v) is 5.16. The van der Waals surface area contributed by atoms with Crippen molar-refractivity contribution in [3.05, 3.63) is 32.8 Å². The van der Waals surface area contributed by atoms with Crippen LogP contribution in [-0.2, 0) is 0 Å². The van der Waals surface area contributed by atoms with Crippen molar-refractivity contribution in [3.63, 3.8) is 0 Å². The number of hydrogen-bond acceptors (Lipinski definition) is 1. The van der Waals surface area contributed by atoms with Crippen LogP contribution in [0.25, 0.3) is 0 Å². The van der Waals surface area contributed by atoms with E-state index in [0.29, 0.717) is 10.9 Å². The number of aliphatic hydroxyl groups is 1. The number of hydrogen-bond donors (Lipinski definition) is 1. The summed E-state index contributed by atoms with van der Waals surface area (Å²) in [6.07, 6.45) is 1.84. The number of rotatable bonds is 2. The third-order valence-corrected chi connectivity index (χ3v) is 3.86. The maximum atomic E-state index is 9.98. The minimum absolute atomic E-state index is 0.390. The van der Waals surface area contributed by atoms with Gasteiger partial charge in [0.15, 0.2) is 0 Å². The van der Waals surface area contributed by atoms with Gasteiger partial charge in [-0.05, 0) is 53.2 Å². The third kappa shape index (κ3) is 1.97. The molecule has 1 saturated carbocycles. The Bertz CT molecular complexity index is 361. The van der Waals surface area contributed by atoms with Crippen molar-refractivity contribution in [2.75, 3.05) is 0 Å². The fourth-order valence-electron chi connectivity index (χ4n) is 1.63. The monoisotopic (exact) mass is 274 g/mol. The van der Waals surface area contributed by atoms with Crippen LogP contribution in [0, 0.1) is 12.8 Å². The largest absolute Gasteiger partial charge is 0.388 e. The molecule has 0 saturated heterocycles. The van der Waals surface area contributed by atoms with Gasteiger partial charge in [-0.3, -0.25) is 0 Å². The first-order valence-electron chi connectivity index (χ1n) is 4.73. The second kappa shape index (κ2) is 3.84. The lowest BCUT2D eigenvalue weighted by Crippen LogP contribution is -2.01. The van der Waals surface area contributed by atoms with Gasteiger partial charge >= 0.3 is 0 Å². The summed E-state index contributed by atoms with van der Waals surface area (Å²) < 4.78 is 0.869. The summed E-state index contributed by atoms with van der Waals surface area (Å²) in [6.45, 7) is 2.00. The predicted octanol–water partition coefficient (Wildman–Crippen LogP) is 3.85. The van der Waals surface area contributed by atoms with Crippen molar-refractivity contribution in [2.45, 2.75) is 25.9 Å². The fraction of sp³-hybridized carbons (Fsp3) is 0.455. The lowest BCUT2D eigenvalue weighted by atomic mass is 10.0. The van der Waals surface area contributed by atoms with Crippen molar-refractivity contribution < 1.29 is 5.11 Å². The molecule has 0 aliphatic heterocycles. The molecule has 14 heavy (non-hydrogen) atoms. The molecule has 1 N–H and O–H groups in total. The van der Waals surface area contributed by atoms with Gasteiger partial charge in [-0.15, -0.1) is 0 Å². The van der Waals surface area contributed by atoms with Crippen LogP contribution in [-0.4, -0.2) is 5.11 Å². The molecule has 2 rings (SSSR count). The smallest absolute Gasteiger partial charge is 0.0833 e. The maximum Gasteiger partial charge on any atom is 0.0833 e. The first kappa shape index (κ1) is 10.5. The van der Waals surface area contributed by atoms with Crippen molar-refractivity contribution in [1.29, 1.82) is 0 Å². The Morgan fingerprint density at radius 1 is 1.50 bits per heavy atom. The molecule has 3 heteroatoms. The number of aryl methyl sites for hydroxylation is 1. The molecular formula is C11H12BrClO. The molecule has 1 aromatic carbocycles. The standard InChI is InChI=1S/C11H12BrClO/c1-6-4-8(10(13)9(12)5-6)11(14)7-2-3-7/h4-5,7,11,14H,2-3H2,1H3. The highest BCUT2D eigenvalue weighted by Gasteiger charge is 2.32. The first-order chi connectivity index (χ1) is 6.59. The predicted molar refractivity (Wildman–Crippen MR) is 61.6 cm³/mol. The summed E-state index contributed by atoms with van der Waals surface area (Å²) >= 11 is 9.52. The Labute approximate surface area is 97.2 Å². The summed E-state index contributed by atoms with van der Waals surface area (Å²) in [5.74, 6) is 0.418. The van der Waals surface area contributed by atoms with Crippen LogP contribution in [0.1, 0.15) is 30.1 Å². The van der Waals surface area contributed by atoms with E-state index < -0.39 is 6.10 Å². The van der Waals surface area contributed by atoms with Gasteiger partial charge in [0.05, 0.1) is 11.1 Å². The van der Waals surface area contributed by atoms with Gasteiger partial charge in [0.25, 0.3) is 0 Å². The number of aliphatic hydroxyl groups excluding tert-OH is 1. The van der Waals surface area contributed by atoms with Gasteiger partial charge in [0, 0.05) is 10.0 Å². The topological polar surface area (TPSA) is 20.2 Å². The zero-order chi connectivity index (χ0) is 10.3. The zero-order valence-electron chi connectivity index (χ0n) is 7.93. The Balaban J connectivity index is 2.39. The summed E-state index contributed by atoms with van der Waals surface area (Å²) in [5, 5.41) is 10.6. The lowest BCUT2D eigenvalue weighted by Gasteiger charge is -2.13. The van der Waals surface area contributed by atoms with Gasteiger partial charge in [-0.2, -0.15) is 0 Å². The molecule has 76 valence electrons. The number of halogens is 2. The van der Waals surface area contributed by atoms with Gasteiger partial charge in [0.2, 0.25) is 0 Å². The molecule has 1 aliphatic rings. The second-order valence-electron chi connectivity index (χ2n) is 3.93. The molecule has 0 heterocycles. The van der Waals surface area contributed by atoms with Crippen LogP contribution in [0.15, 0.2) is 16.6 Å². The van der Waals surface area contributed by atoms with Crippen LogP contribution < -0.4 is 0 Å². The molecule has 1 unspecified atom stereocenters. The van der Waals surface area contributed by atoms with Gasteiger partial charge in [-0.25, -0.2) is 0 Å². The minimum Gasteiger partial charge on any atom is -0.388 e. The summed E-state index contributed by atoms with van der Waals surface area (Å²) in [7, 11) is 0. The molecule has 1 aromatic rings. The fourth-order valence-corrected chi connectivity index (χ4v) is 2.44. The van der Waals surface area contributed by atoms with E-state index in [2.05, 4.69) is 15.9 Å². The van der Waals surface area contributed by atoms with E-state index >= 15 is 0 Å². The van der Waals surface area contributed by atoms with Crippen LogP contribution in [0.2, 0.25) is 5.02 Å². The average molecular weight is 276 g/mol. The Kier molecular flexibility index (Phi) is 2.87. The SMILES string of the molecule is Cc1cc(Br)c(Cl)c(C(O)C2CC2)c1. The quantitative estimate of drug-likeness (QED) is 0.869. The Morgan fingerprint density at radius 3 is 2.71 bits per heavy atom. The molecule has 0 bridgehead atoms. The van der Waals surface area contributed by atoms with E-state index in [1.54, 1.807) is 0 Å². The van der Waals surface area contributed by atoms with Crippen LogP contribution >= 0.6 is 27.5 Å². The lowest BCUT2D eigenvalue weighted by molar-refractivity contribution is 0.154. The molecule has 0 amide bonds. The summed E-state index contributed by atoms with van der Waals surface area (Å²) in [4.78, 5) is 0. The highest BCUT2D eigenvalue weighted by atomic mass is 79.9. The van der Waals surface area contributed by atoms with Crippen molar-refractivity contribution in [2.24, 2.45) is 5.92 Å². The van der Waals surface area contributed by atoms with Crippen molar-refractivity contribution >= 4 is 27.5 Å². The van der Waals surface area contributed by atoms with Gasteiger partial charge < -0.3 is 5.11 Å². The van der Waals surface area contributed by atoms with E-state index in [4.69, 9.17) is 11.6 Å². The molecule has 1 fully saturated rings. The van der Waals surface area contributed by atoms with Crippen molar-refractivity contribution in [1.82, 2.24) is 0 Å². The molecule has 0 spiro atoms. The van der Waals surface area contributed by atoms with Crippen LogP contribution in [0.4, 0.5) is 0 Å². The first-order valence-corrected chi connectivity index (χ1v) is 5.90. The minimum atomic E-state index is -0.390. The Hall–Kier alpha value is -0.0500. The summed E-state index contributed by atoms with van der Waals surface area (Å²) in [6, 6.07) is 3.93. The Morgan fingerprint density at radius 2 is 2.14 bits per heavy atom. The van der Waals surface area contributed by atoms with E-state index in [0.717, 1.165) is 28.4 Å². The van der Waals surface area contributed by atoms with E-state index in [9.17, 15) is 5.11 Å². The molecule has 0 aromatic heterocycles. The van der Waals surface area contributed by atoms with E-state index in [1.807, 2.05) is 19.1 Å². The highest BCUT2D eigenvalue weighted by Crippen LogP contribution is 2.44. The van der Waals surface area contributed by atoms with Crippen molar-refractivity contribution in [3.8, 4) is 0 Å². The molecule has 1 atom stereocenters. The number of benzene rings is 1. The molecule has 1 aliphatic carbocycles. The van der Waals surface area contributed by atoms with Crippen LogP contribution in [0.3, 0.4) is 0 Å². The molecule has 0 radical (unpaired) electrons. The molecule has 1 nitrogen and oxygen atoms in total. The molecular weight excluding hydrogens is 263 g/mol. The third-order valence-electron chi connectivity index (χ3n) is 2.59. The summed E-state index contributed by atoms with van der Waals surface area (Å²) in [5.41, 5.74) is 1.98. The highest BCUT2D eigenvalue weighted by molar-refractivity contribution is 9.10. The van der Waals surface area contributed by atoms with E-state index in [-0.39, 0.29) is 0 Å².